The van der Waals surface area contributed by atoms with Gasteiger partial charge in [0.05, 0.1) is 17.7 Å². The van der Waals surface area contributed by atoms with Gasteiger partial charge in [0, 0.05) is 10.7 Å². The van der Waals surface area contributed by atoms with Gasteiger partial charge in [-0.25, -0.2) is 8.42 Å². The zero-order chi connectivity index (χ0) is 25.0. The van der Waals surface area contributed by atoms with Crippen molar-refractivity contribution in [3.8, 4) is 11.5 Å². The van der Waals surface area contributed by atoms with E-state index >= 15 is 0 Å². The Balaban J connectivity index is 1.68. The quantitative estimate of drug-likeness (QED) is 0.425. The number of hydrogen-bond donors (Lipinski definition) is 2. The van der Waals surface area contributed by atoms with Gasteiger partial charge in [0.1, 0.15) is 11.5 Å². The molecule has 0 heterocycles. The van der Waals surface area contributed by atoms with E-state index in [4.69, 9.17) is 21.1 Å². The average molecular weight is 503 g/mol. The predicted octanol–water partition coefficient (Wildman–Crippen LogP) is 5.48. The summed E-state index contributed by atoms with van der Waals surface area (Å²) in [5.41, 5.74) is 3.39. The van der Waals surface area contributed by atoms with E-state index in [1.165, 1.54) is 31.4 Å². The number of ether oxygens (including phenoxy) is 2. The number of carbonyl (C=O) groups excluding carboxylic acids is 1. The maximum absolute atomic E-state index is 12.8. The zero-order valence-corrected chi connectivity index (χ0v) is 21.2. The first-order chi connectivity index (χ1) is 16.0. The van der Waals surface area contributed by atoms with E-state index in [0.717, 1.165) is 16.7 Å². The normalized spacial score (nSPS) is 12.1. The Morgan fingerprint density at radius 3 is 2.18 bits per heavy atom. The first-order valence-electron chi connectivity index (χ1n) is 10.5. The second-order valence-electron chi connectivity index (χ2n) is 7.95. The van der Waals surface area contributed by atoms with E-state index in [-0.39, 0.29) is 10.8 Å². The van der Waals surface area contributed by atoms with Crippen molar-refractivity contribution >= 4 is 38.9 Å². The molecule has 3 aromatic carbocycles. The number of rotatable bonds is 8. The average Bonchev–Trinajstić information content (AvgIpc) is 2.77. The van der Waals surface area contributed by atoms with Gasteiger partial charge in [0.15, 0.2) is 6.10 Å². The third-order valence-electron chi connectivity index (χ3n) is 5.12. The van der Waals surface area contributed by atoms with Gasteiger partial charge < -0.3 is 14.8 Å². The lowest BCUT2D eigenvalue weighted by Gasteiger charge is -2.16. The van der Waals surface area contributed by atoms with Crippen LogP contribution in [0.2, 0.25) is 5.02 Å². The second-order valence-corrected chi connectivity index (χ2v) is 10.0. The van der Waals surface area contributed by atoms with Crippen LogP contribution in [0.25, 0.3) is 0 Å². The first kappa shape index (κ1) is 25.4. The van der Waals surface area contributed by atoms with Gasteiger partial charge >= 0.3 is 0 Å². The molecule has 0 saturated carbocycles. The number of methoxy groups -OCH3 is 1. The van der Waals surface area contributed by atoms with Crippen molar-refractivity contribution < 1.29 is 22.7 Å². The Morgan fingerprint density at radius 1 is 0.971 bits per heavy atom. The Hall–Kier alpha value is -3.23. The molecule has 3 aromatic rings. The summed E-state index contributed by atoms with van der Waals surface area (Å²) in [5, 5.41) is 3.39. The molecule has 0 aromatic heterocycles. The van der Waals surface area contributed by atoms with E-state index in [2.05, 4.69) is 10.0 Å². The van der Waals surface area contributed by atoms with E-state index in [1.807, 2.05) is 26.8 Å². The van der Waals surface area contributed by atoms with Crippen LogP contribution in [0.1, 0.15) is 23.6 Å². The first-order valence-corrected chi connectivity index (χ1v) is 12.4. The van der Waals surface area contributed by atoms with Gasteiger partial charge in [-0.05, 0) is 92.9 Å². The molecule has 0 spiro atoms. The zero-order valence-electron chi connectivity index (χ0n) is 19.6. The number of sulfonamides is 1. The van der Waals surface area contributed by atoms with Crippen LogP contribution < -0.4 is 19.5 Å². The van der Waals surface area contributed by atoms with Crippen LogP contribution in [0.3, 0.4) is 0 Å². The van der Waals surface area contributed by atoms with Crippen LogP contribution in [-0.2, 0) is 14.8 Å². The third kappa shape index (κ3) is 6.01. The van der Waals surface area contributed by atoms with Gasteiger partial charge in [0.25, 0.3) is 15.9 Å². The van der Waals surface area contributed by atoms with Gasteiger partial charge in [-0.3, -0.25) is 9.52 Å². The monoisotopic (exact) mass is 502 g/mol. The molecule has 0 bridgehead atoms. The van der Waals surface area contributed by atoms with Crippen molar-refractivity contribution in [1.82, 2.24) is 0 Å². The van der Waals surface area contributed by atoms with E-state index in [1.54, 1.807) is 31.2 Å². The Bertz CT molecular complexity index is 1280. The summed E-state index contributed by atoms with van der Waals surface area (Å²) in [6, 6.07) is 14.6. The number of aryl methyl sites for hydroxylation is 3. The number of nitrogens with one attached hydrogen (secondary N) is 2. The largest absolute Gasteiger partial charge is 0.495 e. The molecule has 0 saturated heterocycles. The minimum absolute atomic E-state index is 0.0467. The summed E-state index contributed by atoms with van der Waals surface area (Å²) < 4.78 is 39.2. The Morgan fingerprint density at radius 2 is 1.59 bits per heavy atom. The number of halogens is 1. The molecule has 0 radical (unpaired) electrons. The lowest BCUT2D eigenvalue weighted by Crippen LogP contribution is -2.30. The predicted molar refractivity (Wildman–Crippen MR) is 135 cm³/mol. The molecule has 34 heavy (non-hydrogen) atoms. The SMILES string of the molecule is COc1ccc(C)cc1NS(=O)(=O)c1ccc(NC(=O)[C@@H](C)Oc2cc(C)c(Cl)c(C)c2)cc1. The maximum Gasteiger partial charge on any atom is 0.265 e. The van der Waals surface area contributed by atoms with Gasteiger partial charge in [0.2, 0.25) is 0 Å². The molecular formula is C25H27ClN2O5S. The minimum atomic E-state index is -3.85. The van der Waals surface area contributed by atoms with E-state index in [0.29, 0.717) is 27.9 Å². The fraction of sp³-hybridized carbons (Fsp3) is 0.240. The number of anilines is 2. The summed E-state index contributed by atoms with van der Waals surface area (Å²) in [5.74, 6) is 0.586. The fourth-order valence-corrected chi connectivity index (χ4v) is 4.47. The molecule has 0 aliphatic heterocycles. The molecule has 3 rings (SSSR count). The third-order valence-corrected chi connectivity index (χ3v) is 7.10. The minimum Gasteiger partial charge on any atom is -0.495 e. The van der Waals surface area contributed by atoms with Crippen molar-refractivity contribution in [3.05, 3.63) is 76.3 Å². The van der Waals surface area contributed by atoms with Crippen molar-refractivity contribution in [2.75, 3.05) is 17.1 Å². The van der Waals surface area contributed by atoms with Crippen molar-refractivity contribution in [3.63, 3.8) is 0 Å². The molecule has 180 valence electrons. The van der Waals surface area contributed by atoms with Crippen molar-refractivity contribution in [2.45, 2.75) is 38.7 Å². The summed E-state index contributed by atoms with van der Waals surface area (Å²) in [4.78, 5) is 12.6. The van der Waals surface area contributed by atoms with Crippen LogP contribution >= 0.6 is 11.6 Å². The van der Waals surface area contributed by atoms with E-state index < -0.39 is 16.1 Å². The summed E-state index contributed by atoms with van der Waals surface area (Å²) in [7, 11) is -2.38. The molecule has 2 N–H and O–H groups in total. The van der Waals surface area contributed by atoms with Crippen LogP contribution in [0.5, 0.6) is 11.5 Å². The van der Waals surface area contributed by atoms with Crippen LogP contribution in [0.15, 0.2) is 59.5 Å². The summed E-state index contributed by atoms with van der Waals surface area (Å²) >= 11 is 6.18. The molecule has 0 aliphatic rings. The van der Waals surface area contributed by atoms with Crippen LogP contribution in [0.4, 0.5) is 11.4 Å². The number of benzene rings is 3. The van der Waals surface area contributed by atoms with Crippen LogP contribution in [-0.4, -0.2) is 27.5 Å². The fourth-order valence-electron chi connectivity index (χ4n) is 3.30. The summed E-state index contributed by atoms with van der Waals surface area (Å²) in [6.07, 6.45) is -0.779. The number of amides is 1. The molecule has 0 fully saturated rings. The highest BCUT2D eigenvalue weighted by Gasteiger charge is 2.19. The van der Waals surface area contributed by atoms with Gasteiger partial charge in [-0.1, -0.05) is 17.7 Å². The Labute approximate surface area is 205 Å². The topological polar surface area (TPSA) is 93.7 Å². The lowest BCUT2D eigenvalue weighted by atomic mass is 10.1. The molecule has 7 nitrogen and oxygen atoms in total. The molecule has 1 atom stereocenters. The highest BCUT2D eigenvalue weighted by molar-refractivity contribution is 7.92. The molecular weight excluding hydrogens is 476 g/mol. The van der Waals surface area contributed by atoms with Crippen molar-refractivity contribution in [1.29, 1.82) is 0 Å². The molecule has 9 heteroatoms. The number of hydrogen-bond acceptors (Lipinski definition) is 5. The lowest BCUT2D eigenvalue weighted by molar-refractivity contribution is -0.122. The maximum atomic E-state index is 12.8. The molecule has 1 amide bonds. The smallest absolute Gasteiger partial charge is 0.265 e. The van der Waals surface area contributed by atoms with Gasteiger partial charge in [-0.2, -0.15) is 0 Å². The Kier molecular flexibility index (Phi) is 7.74. The highest BCUT2D eigenvalue weighted by Crippen LogP contribution is 2.29. The highest BCUT2D eigenvalue weighted by atomic mass is 35.5. The van der Waals surface area contributed by atoms with Crippen LogP contribution in [0, 0.1) is 20.8 Å². The summed E-state index contributed by atoms with van der Waals surface area (Å²) in [6.45, 7) is 7.22. The number of carbonyl (C=O) groups is 1. The molecule has 0 unspecified atom stereocenters. The molecule has 0 aliphatic carbocycles. The van der Waals surface area contributed by atoms with E-state index in [9.17, 15) is 13.2 Å². The van der Waals surface area contributed by atoms with Gasteiger partial charge in [-0.15, -0.1) is 0 Å². The second kappa shape index (κ2) is 10.4. The standard InChI is InChI=1S/C25H27ClN2O5S/c1-15-6-11-23(32-5)22(12-15)28-34(30,31)21-9-7-19(8-10-21)27-25(29)18(4)33-20-13-16(2)24(26)17(3)14-20/h6-14,18,28H,1-5H3,(H,27,29)/t18-/m1/s1. The van der Waals surface area contributed by atoms with Crippen molar-refractivity contribution in [2.24, 2.45) is 0 Å².